The molecule has 2 heterocycles. The van der Waals surface area contributed by atoms with Gasteiger partial charge in [0, 0.05) is 68.6 Å². The quantitative estimate of drug-likeness (QED) is 0.306. The molecule has 1 saturated heterocycles. The van der Waals surface area contributed by atoms with Gasteiger partial charge >= 0.3 is 0 Å². The van der Waals surface area contributed by atoms with E-state index in [-0.39, 0.29) is 43.6 Å². The minimum Gasteiger partial charge on any atom is -0.494 e. The molecule has 1 fully saturated rings. The van der Waals surface area contributed by atoms with E-state index in [2.05, 4.69) is 15.5 Å². The van der Waals surface area contributed by atoms with E-state index in [1.807, 2.05) is 6.07 Å². The van der Waals surface area contributed by atoms with Crippen LogP contribution in [0.3, 0.4) is 0 Å². The minimum absolute atomic E-state index is 0.175. The van der Waals surface area contributed by atoms with Gasteiger partial charge in [-0.25, -0.2) is 4.39 Å². The van der Waals surface area contributed by atoms with E-state index in [4.69, 9.17) is 9.47 Å². The first-order valence-corrected chi connectivity index (χ1v) is 13.0. The normalized spacial score (nSPS) is 16.2. The van der Waals surface area contributed by atoms with Crippen molar-refractivity contribution in [1.82, 2.24) is 15.1 Å². The standard InChI is InChI=1S/C28H35FN4O5/c1-30-27(35)26(7-3-13-34)33-19-23-22(28(33)36)5-2-6-25(23)31-18-20-17-21(8-9-24(20)29)38-14-4-10-32-11-15-37-16-12-32/h2,5-6,8-9,13,17,26,31H,3-4,7,10-12,14-16,18-19H2,1H3,(H,30,35). The number of fused-ring (bicyclic) bond motifs is 1. The largest absolute Gasteiger partial charge is 0.494 e. The second-order valence-corrected chi connectivity index (χ2v) is 9.40. The number of hydrogen-bond acceptors (Lipinski definition) is 7. The van der Waals surface area contributed by atoms with E-state index in [0.29, 0.717) is 29.2 Å². The van der Waals surface area contributed by atoms with Gasteiger partial charge in [0.25, 0.3) is 5.91 Å². The van der Waals surface area contributed by atoms with Crippen LogP contribution in [-0.4, -0.2) is 80.4 Å². The molecule has 0 saturated carbocycles. The second kappa shape index (κ2) is 13.3. The maximum atomic E-state index is 14.6. The third kappa shape index (κ3) is 6.68. The van der Waals surface area contributed by atoms with Gasteiger partial charge in [-0.1, -0.05) is 6.07 Å². The van der Waals surface area contributed by atoms with Crippen molar-refractivity contribution >= 4 is 23.8 Å². The highest BCUT2D eigenvalue weighted by atomic mass is 19.1. The molecule has 4 rings (SSSR count). The first kappa shape index (κ1) is 27.5. The smallest absolute Gasteiger partial charge is 0.255 e. The van der Waals surface area contributed by atoms with Crippen LogP contribution in [0.15, 0.2) is 36.4 Å². The first-order valence-electron chi connectivity index (χ1n) is 13.0. The van der Waals surface area contributed by atoms with Crippen LogP contribution >= 0.6 is 0 Å². The third-order valence-electron chi connectivity index (χ3n) is 6.96. The Bertz CT molecular complexity index is 1140. The monoisotopic (exact) mass is 526 g/mol. The SMILES string of the molecule is CNC(=O)C(CCC=O)N1Cc2c(NCc3cc(OCCCN4CCOCC4)ccc3F)cccc2C1=O. The Labute approximate surface area is 222 Å². The van der Waals surface area contributed by atoms with E-state index in [0.717, 1.165) is 51.1 Å². The molecule has 0 aliphatic carbocycles. The summed E-state index contributed by atoms with van der Waals surface area (Å²) >= 11 is 0. The highest BCUT2D eigenvalue weighted by Gasteiger charge is 2.36. The van der Waals surface area contributed by atoms with Crippen LogP contribution < -0.4 is 15.4 Å². The maximum absolute atomic E-state index is 14.6. The maximum Gasteiger partial charge on any atom is 0.255 e. The topological polar surface area (TPSA) is 100 Å². The number of rotatable bonds is 13. The molecule has 1 atom stereocenters. The van der Waals surface area contributed by atoms with E-state index in [1.54, 1.807) is 24.3 Å². The molecule has 2 aromatic rings. The third-order valence-corrected chi connectivity index (χ3v) is 6.96. The van der Waals surface area contributed by atoms with Crippen LogP contribution in [0.1, 0.15) is 40.7 Å². The van der Waals surface area contributed by atoms with E-state index < -0.39 is 6.04 Å². The molecule has 0 spiro atoms. The van der Waals surface area contributed by atoms with Gasteiger partial charge in [0.05, 0.1) is 19.8 Å². The molecule has 0 aromatic heterocycles. The van der Waals surface area contributed by atoms with Gasteiger partial charge in [-0.15, -0.1) is 0 Å². The summed E-state index contributed by atoms with van der Waals surface area (Å²) in [6.07, 6.45) is 2.03. The Morgan fingerprint density at radius 2 is 2.05 bits per heavy atom. The molecule has 0 radical (unpaired) electrons. The van der Waals surface area contributed by atoms with E-state index in [1.165, 1.54) is 18.0 Å². The van der Waals surface area contributed by atoms with Crippen LogP contribution in [0.4, 0.5) is 10.1 Å². The average Bonchev–Trinajstić information content (AvgIpc) is 3.28. The van der Waals surface area contributed by atoms with Crippen molar-refractivity contribution in [2.45, 2.75) is 38.4 Å². The number of hydrogen-bond donors (Lipinski definition) is 2. The Morgan fingerprint density at radius 1 is 1.24 bits per heavy atom. The Kier molecular flexibility index (Phi) is 9.67. The molecule has 9 nitrogen and oxygen atoms in total. The van der Waals surface area contributed by atoms with Crippen LogP contribution in [0.5, 0.6) is 5.75 Å². The lowest BCUT2D eigenvalue weighted by Crippen LogP contribution is -2.46. The molecule has 1 unspecified atom stereocenters. The Hall–Kier alpha value is -3.50. The summed E-state index contributed by atoms with van der Waals surface area (Å²) in [5.74, 6) is -0.321. The number of nitrogens with one attached hydrogen (secondary N) is 2. The number of ether oxygens (including phenoxy) is 2. The Balaban J connectivity index is 1.38. The molecule has 38 heavy (non-hydrogen) atoms. The highest BCUT2D eigenvalue weighted by Crippen LogP contribution is 2.32. The number of carbonyl (C=O) groups is 3. The van der Waals surface area contributed by atoms with Crippen molar-refractivity contribution in [3.05, 3.63) is 58.9 Å². The number of likely N-dealkylation sites (N-methyl/N-ethyl adjacent to an activating group) is 1. The van der Waals surface area contributed by atoms with Crippen molar-refractivity contribution in [2.75, 3.05) is 51.8 Å². The zero-order valence-corrected chi connectivity index (χ0v) is 21.7. The summed E-state index contributed by atoms with van der Waals surface area (Å²) in [7, 11) is 1.51. The lowest BCUT2D eigenvalue weighted by Gasteiger charge is -2.26. The predicted octanol–water partition coefficient (Wildman–Crippen LogP) is 2.59. The average molecular weight is 527 g/mol. The summed E-state index contributed by atoms with van der Waals surface area (Å²) in [5, 5.41) is 5.84. The fourth-order valence-corrected chi connectivity index (χ4v) is 4.86. The summed E-state index contributed by atoms with van der Waals surface area (Å²) in [6.45, 7) is 5.30. The minimum atomic E-state index is -0.743. The number of carbonyl (C=O) groups excluding carboxylic acids is 3. The van der Waals surface area contributed by atoms with Gasteiger partial charge in [0.1, 0.15) is 23.9 Å². The molecule has 2 aliphatic heterocycles. The van der Waals surface area contributed by atoms with Crippen LogP contribution in [0.2, 0.25) is 0 Å². The van der Waals surface area contributed by atoms with Gasteiger partial charge in [0.15, 0.2) is 0 Å². The van der Waals surface area contributed by atoms with Crippen molar-refractivity contribution < 1.29 is 28.2 Å². The summed E-state index contributed by atoms with van der Waals surface area (Å²) in [6, 6.07) is 9.28. The lowest BCUT2D eigenvalue weighted by molar-refractivity contribution is -0.125. The molecule has 2 amide bonds. The van der Waals surface area contributed by atoms with Crippen molar-refractivity contribution in [1.29, 1.82) is 0 Å². The van der Waals surface area contributed by atoms with Crippen LogP contribution in [0, 0.1) is 5.82 Å². The lowest BCUT2D eigenvalue weighted by atomic mass is 10.1. The number of anilines is 1. The fourth-order valence-electron chi connectivity index (χ4n) is 4.86. The van der Waals surface area contributed by atoms with Crippen LogP contribution in [-0.2, 0) is 27.4 Å². The summed E-state index contributed by atoms with van der Waals surface area (Å²) in [4.78, 5) is 40.3. The molecule has 2 aliphatic rings. The number of halogens is 1. The van der Waals surface area contributed by atoms with Gasteiger partial charge in [-0.3, -0.25) is 14.5 Å². The Morgan fingerprint density at radius 3 is 2.82 bits per heavy atom. The zero-order valence-electron chi connectivity index (χ0n) is 21.7. The summed E-state index contributed by atoms with van der Waals surface area (Å²) < 4.78 is 25.8. The van der Waals surface area contributed by atoms with Crippen molar-refractivity contribution in [3.63, 3.8) is 0 Å². The molecule has 2 aromatic carbocycles. The molecule has 204 valence electrons. The molecular weight excluding hydrogens is 491 g/mol. The molecular formula is C28H35FN4O5. The number of nitrogens with zero attached hydrogens (tertiary/aromatic N) is 2. The molecule has 10 heteroatoms. The predicted molar refractivity (Wildman–Crippen MR) is 141 cm³/mol. The summed E-state index contributed by atoms with van der Waals surface area (Å²) in [5.41, 5.74) is 2.38. The number of benzene rings is 2. The van der Waals surface area contributed by atoms with Crippen LogP contribution in [0.25, 0.3) is 0 Å². The van der Waals surface area contributed by atoms with Gasteiger partial charge < -0.3 is 29.8 Å². The fraction of sp³-hybridized carbons (Fsp3) is 0.464. The second-order valence-electron chi connectivity index (χ2n) is 9.40. The van der Waals surface area contributed by atoms with Gasteiger partial charge in [-0.2, -0.15) is 0 Å². The number of morpholine rings is 1. The highest BCUT2D eigenvalue weighted by molar-refractivity contribution is 6.02. The van der Waals surface area contributed by atoms with Crippen molar-refractivity contribution in [2.24, 2.45) is 0 Å². The van der Waals surface area contributed by atoms with Gasteiger partial charge in [0.2, 0.25) is 5.91 Å². The molecule has 0 bridgehead atoms. The van der Waals surface area contributed by atoms with Crippen molar-refractivity contribution in [3.8, 4) is 5.75 Å². The molecule has 2 N–H and O–H groups in total. The van der Waals surface area contributed by atoms with Gasteiger partial charge in [-0.05, 0) is 43.2 Å². The zero-order chi connectivity index (χ0) is 26.9. The van der Waals surface area contributed by atoms with E-state index in [9.17, 15) is 18.8 Å². The number of amides is 2. The number of aldehydes is 1. The first-order chi connectivity index (χ1) is 18.5. The van der Waals surface area contributed by atoms with E-state index >= 15 is 0 Å².